The molecular formula is C32H37N3O4S. The lowest BCUT2D eigenvalue weighted by Crippen LogP contribution is -2.54. The Morgan fingerprint density at radius 3 is 1.68 bits per heavy atom. The minimum Gasteiger partial charge on any atom is -0.464 e. The van der Waals surface area contributed by atoms with E-state index in [4.69, 9.17) is 10.5 Å². The monoisotopic (exact) mass is 559 g/mol. The molecule has 0 aliphatic rings. The fourth-order valence-corrected chi connectivity index (χ4v) is 5.86. The van der Waals surface area contributed by atoms with Crippen LogP contribution in [0.15, 0.2) is 103 Å². The van der Waals surface area contributed by atoms with Gasteiger partial charge >= 0.3 is 5.97 Å². The van der Waals surface area contributed by atoms with E-state index >= 15 is 0 Å². The summed E-state index contributed by atoms with van der Waals surface area (Å²) in [5, 5.41) is 5.46. The van der Waals surface area contributed by atoms with Crippen LogP contribution in [0.4, 0.5) is 0 Å². The van der Waals surface area contributed by atoms with E-state index in [-0.39, 0.29) is 17.4 Å². The van der Waals surface area contributed by atoms with E-state index in [0.717, 1.165) is 16.7 Å². The molecule has 2 atom stereocenters. The summed E-state index contributed by atoms with van der Waals surface area (Å²) in [6, 6.07) is 28.4. The number of allylic oxidation sites excluding steroid dienone is 1. The maximum atomic E-state index is 13.6. The van der Waals surface area contributed by atoms with E-state index in [2.05, 4.69) is 47.0 Å². The van der Waals surface area contributed by atoms with E-state index in [1.54, 1.807) is 6.92 Å². The summed E-state index contributed by atoms with van der Waals surface area (Å²) in [5.41, 5.74) is 9.17. The number of hydrogen-bond donors (Lipinski definition) is 3. The van der Waals surface area contributed by atoms with Gasteiger partial charge in [0.05, 0.1) is 17.9 Å². The van der Waals surface area contributed by atoms with Crippen LogP contribution in [-0.2, 0) is 23.9 Å². The summed E-state index contributed by atoms with van der Waals surface area (Å²) in [6.45, 7) is 5.30. The number of hydrogen-bond acceptors (Lipinski definition) is 6. The normalized spacial score (nSPS) is 13.3. The summed E-state index contributed by atoms with van der Waals surface area (Å²) >= 11 is 1.52. The van der Waals surface area contributed by atoms with Gasteiger partial charge in [0.2, 0.25) is 11.8 Å². The van der Waals surface area contributed by atoms with Crippen LogP contribution in [-0.4, -0.2) is 42.7 Å². The highest BCUT2D eigenvalue weighted by Crippen LogP contribution is 2.48. The van der Waals surface area contributed by atoms with Crippen LogP contribution in [0.2, 0.25) is 0 Å². The average Bonchev–Trinajstić information content (AvgIpc) is 3.00. The first kappa shape index (κ1) is 30.7. The molecule has 0 aromatic heterocycles. The smallest absolute Gasteiger partial charge is 0.354 e. The van der Waals surface area contributed by atoms with Crippen LogP contribution in [0.3, 0.4) is 0 Å². The van der Waals surface area contributed by atoms with Crippen molar-refractivity contribution >= 4 is 29.5 Å². The van der Waals surface area contributed by atoms with Gasteiger partial charge in [-0.2, -0.15) is 0 Å². The van der Waals surface area contributed by atoms with Crippen LogP contribution < -0.4 is 16.4 Å². The zero-order valence-electron chi connectivity index (χ0n) is 23.3. The maximum Gasteiger partial charge on any atom is 0.354 e. The van der Waals surface area contributed by atoms with Crippen molar-refractivity contribution in [2.75, 3.05) is 12.9 Å². The Kier molecular flexibility index (Phi) is 11.1. The molecule has 0 saturated heterocycles. The molecular weight excluding hydrogens is 522 g/mol. The Morgan fingerprint density at radius 2 is 1.30 bits per heavy atom. The minimum absolute atomic E-state index is 0.00894. The van der Waals surface area contributed by atoms with Gasteiger partial charge in [0.1, 0.15) is 11.7 Å². The molecule has 40 heavy (non-hydrogen) atoms. The van der Waals surface area contributed by atoms with Gasteiger partial charge in [-0.3, -0.25) is 9.59 Å². The molecule has 0 heterocycles. The number of carbonyl (C=O) groups excluding carboxylic acids is 3. The fourth-order valence-electron chi connectivity index (χ4n) is 4.30. The van der Waals surface area contributed by atoms with Crippen molar-refractivity contribution in [1.29, 1.82) is 0 Å². The van der Waals surface area contributed by atoms with Gasteiger partial charge in [-0.05, 0) is 29.5 Å². The highest BCUT2D eigenvalue weighted by Gasteiger charge is 2.39. The number of methoxy groups -OCH3 is 1. The number of benzene rings is 3. The van der Waals surface area contributed by atoms with Crippen LogP contribution in [0.1, 0.15) is 37.5 Å². The van der Waals surface area contributed by atoms with E-state index in [0.29, 0.717) is 0 Å². The SMILES string of the molecule is C/C=C(\NC(=O)C(CSC(c1ccccc1)(c1ccccc1)c1ccccc1)NC(=O)C(N)C(C)C)C(=O)OC. The number of rotatable bonds is 12. The number of thioether (sulfide) groups is 1. The first-order chi connectivity index (χ1) is 19.2. The van der Waals surface area contributed by atoms with E-state index in [1.807, 2.05) is 68.4 Å². The third kappa shape index (κ3) is 7.20. The zero-order chi connectivity index (χ0) is 29.1. The molecule has 0 saturated carbocycles. The topological polar surface area (TPSA) is 111 Å². The molecule has 3 aromatic rings. The van der Waals surface area contributed by atoms with Gasteiger partial charge < -0.3 is 21.1 Å². The minimum atomic E-state index is -1.00. The number of carbonyl (C=O) groups is 3. The molecule has 3 aromatic carbocycles. The van der Waals surface area contributed by atoms with Crippen LogP contribution in [0.25, 0.3) is 0 Å². The first-order valence-corrected chi connectivity index (χ1v) is 14.1. The molecule has 2 amide bonds. The first-order valence-electron chi connectivity index (χ1n) is 13.2. The highest BCUT2D eigenvalue weighted by atomic mass is 32.2. The number of esters is 1. The molecule has 7 nitrogen and oxygen atoms in total. The summed E-state index contributed by atoms with van der Waals surface area (Å²) in [6.07, 6.45) is 1.46. The molecule has 3 rings (SSSR count). The molecule has 2 unspecified atom stereocenters. The molecule has 0 aliphatic carbocycles. The Bertz CT molecular complexity index is 1200. The zero-order valence-corrected chi connectivity index (χ0v) is 24.1. The van der Waals surface area contributed by atoms with E-state index in [9.17, 15) is 14.4 Å². The molecule has 8 heteroatoms. The second-order valence-electron chi connectivity index (χ2n) is 9.60. The third-order valence-corrected chi connectivity index (χ3v) is 8.25. The van der Waals surface area contributed by atoms with Crippen molar-refractivity contribution in [2.45, 2.75) is 37.6 Å². The standard InChI is InChI=1S/C32H37N3O4S/c1-5-26(31(38)39-4)34-29(36)27(35-30(37)28(33)22(2)3)21-40-32(23-15-9-6-10-16-23,24-17-11-7-12-18-24)25-19-13-8-14-20-25/h5-20,22,27-28H,21,33H2,1-4H3,(H,34,36)(H,35,37)/b26-5-. The Hall–Kier alpha value is -3.88. The summed E-state index contributed by atoms with van der Waals surface area (Å²) in [7, 11) is 1.24. The van der Waals surface area contributed by atoms with Crippen molar-refractivity contribution in [3.8, 4) is 0 Å². The van der Waals surface area contributed by atoms with Crippen molar-refractivity contribution in [3.63, 3.8) is 0 Å². The predicted octanol–water partition coefficient (Wildman–Crippen LogP) is 4.37. The molecule has 0 bridgehead atoms. The maximum absolute atomic E-state index is 13.6. The van der Waals surface area contributed by atoms with E-state index < -0.39 is 34.6 Å². The highest BCUT2D eigenvalue weighted by molar-refractivity contribution is 8.00. The van der Waals surface area contributed by atoms with Gasteiger partial charge in [0, 0.05) is 5.75 Å². The van der Waals surface area contributed by atoms with Crippen molar-refractivity contribution < 1.29 is 19.1 Å². The van der Waals surface area contributed by atoms with Crippen LogP contribution >= 0.6 is 11.8 Å². The summed E-state index contributed by atoms with van der Waals surface area (Å²) in [4.78, 5) is 38.8. The number of amides is 2. The van der Waals surface area contributed by atoms with Crippen molar-refractivity contribution in [2.24, 2.45) is 11.7 Å². The van der Waals surface area contributed by atoms with Crippen LogP contribution in [0.5, 0.6) is 0 Å². The average molecular weight is 560 g/mol. The number of nitrogens with two attached hydrogens (primary N) is 1. The molecule has 0 fully saturated rings. The van der Waals surface area contributed by atoms with Gasteiger partial charge in [-0.25, -0.2) is 4.79 Å². The largest absolute Gasteiger partial charge is 0.464 e. The van der Waals surface area contributed by atoms with Gasteiger partial charge in [-0.1, -0.05) is 111 Å². The molecule has 0 spiro atoms. The molecule has 0 aliphatic heterocycles. The number of ether oxygens (including phenoxy) is 1. The van der Waals surface area contributed by atoms with Crippen LogP contribution in [0, 0.1) is 5.92 Å². The third-order valence-electron chi connectivity index (χ3n) is 6.61. The van der Waals surface area contributed by atoms with Gasteiger partial charge in [-0.15, -0.1) is 11.8 Å². The Morgan fingerprint density at radius 1 is 0.850 bits per heavy atom. The summed E-state index contributed by atoms with van der Waals surface area (Å²) in [5.74, 6) is -1.62. The molecule has 0 radical (unpaired) electrons. The lowest BCUT2D eigenvalue weighted by molar-refractivity contribution is -0.138. The Labute approximate surface area is 240 Å². The summed E-state index contributed by atoms with van der Waals surface area (Å²) < 4.78 is 4.08. The number of nitrogens with one attached hydrogen (secondary N) is 2. The van der Waals surface area contributed by atoms with E-state index in [1.165, 1.54) is 24.9 Å². The Balaban J connectivity index is 2.08. The van der Waals surface area contributed by atoms with Gasteiger partial charge in [0.25, 0.3) is 0 Å². The molecule has 4 N–H and O–H groups in total. The predicted molar refractivity (Wildman–Crippen MR) is 160 cm³/mol. The quantitative estimate of drug-likeness (QED) is 0.173. The second-order valence-corrected chi connectivity index (χ2v) is 10.8. The lowest BCUT2D eigenvalue weighted by Gasteiger charge is -2.36. The van der Waals surface area contributed by atoms with Gasteiger partial charge in [0.15, 0.2) is 0 Å². The second kappa shape index (κ2) is 14.5. The lowest BCUT2D eigenvalue weighted by atomic mass is 9.84. The van der Waals surface area contributed by atoms with Crippen molar-refractivity contribution in [3.05, 3.63) is 119 Å². The van der Waals surface area contributed by atoms with Crippen molar-refractivity contribution in [1.82, 2.24) is 10.6 Å². The fraction of sp³-hybridized carbons (Fsp3) is 0.281. The molecule has 210 valence electrons.